The Kier molecular flexibility index (Phi) is 6.05. The van der Waals surface area contributed by atoms with Crippen LogP contribution in [0.15, 0.2) is 18.3 Å². The van der Waals surface area contributed by atoms with Crippen LogP contribution in [0.3, 0.4) is 0 Å². The molecule has 1 aromatic rings. The van der Waals surface area contributed by atoms with Crippen molar-refractivity contribution in [2.75, 3.05) is 13.6 Å². The summed E-state index contributed by atoms with van der Waals surface area (Å²) < 4.78 is 27.4. The van der Waals surface area contributed by atoms with Crippen LogP contribution in [0.25, 0.3) is 0 Å². The number of rotatable bonds is 8. The number of pyridine rings is 1. The van der Waals surface area contributed by atoms with Gasteiger partial charge in [0, 0.05) is 19.8 Å². The Hall–Kier alpha value is -1.51. The standard InChI is InChI=1S/C12H19N3O4S/c1-3-4-7-15(2)20(18,19)14-9-11-8-10(12(16)17)5-6-13-11/h5-6,8,14H,3-4,7,9H2,1-2H3,(H,16,17). The zero-order chi connectivity index (χ0) is 15.2. The number of hydrogen-bond acceptors (Lipinski definition) is 4. The molecule has 2 N–H and O–H groups in total. The van der Waals surface area contributed by atoms with Gasteiger partial charge in [-0.05, 0) is 18.6 Å². The molecule has 0 fully saturated rings. The number of nitrogens with one attached hydrogen (secondary N) is 1. The lowest BCUT2D eigenvalue weighted by molar-refractivity contribution is 0.0696. The van der Waals surface area contributed by atoms with Crippen molar-refractivity contribution in [3.8, 4) is 0 Å². The van der Waals surface area contributed by atoms with Crippen LogP contribution in [0.2, 0.25) is 0 Å². The van der Waals surface area contributed by atoms with Crippen molar-refractivity contribution in [3.63, 3.8) is 0 Å². The highest BCUT2D eigenvalue weighted by atomic mass is 32.2. The van der Waals surface area contributed by atoms with Crippen LogP contribution in [0.4, 0.5) is 0 Å². The molecule has 0 saturated carbocycles. The minimum absolute atomic E-state index is 0.0417. The number of unbranched alkanes of at least 4 members (excludes halogenated alkanes) is 1. The van der Waals surface area contributed by atoms with E-state index in [-0.39, 0.29) is 12.1 Å². The molecular weight excluding hydrogens is 282 g/mol. The third-order valence-electron chi connectivity index (χ3n) is 2.74. The smallest absolute Gasteiger partial charge is 0.335 e. The van der Waals surface area contributed by atoms with Crippen LogP contribution in [-0.4, -0.2) is 42.4 Å². The maximum atomic E-state index is 11.9. The zero-order valence-electron chi connectivity index (χ0n) is 11.5. The molecule has 112 valence electrons. The maximum Gasteiger partial charge on any atom is 0.335 e. The van der Waals surface area contributed by atoms with Gasteiger partial charge in [-0.25, -0.2) is 4.79 Å². The predicted molar refractivity (Wildman–Crippen MR) is 74.5 cm³/mol. The van der Waals surface area contributed by atoms with Gasteiger partial charge >= 0.3 is 5.97 Å². The first kappa shape index (κ1) is 16.5. The number of nitrogens with zero attached hydrogens (tertiary/aromatic N) is 2. The van der Waals surface area contributed by atoms with Crippen LogP contribution in [0.1, 0.15) is 35.8 Å². The summed E-state index contributed by atoms with van der Waals surface area (Å²) in [6, 6.07) is 2.70. The van der Waals surface area contributed by atoms with E-state index in [0.717, 1.165) is 12.8 Å². The molecule has 0 radical (unpaired) electrons. The van der Waals surface area contributed by atoms with Gasteiger partial charge in [-0.2, -0.15) is 17.4 Å². The lowest BCUT2D eigenvalue weighted by Crippen LogP contribution is -2.38. The van der Waals surface area contributed by atoms with Crippen molar-refractivity contribution in [1.29, 1.82) is 0 Å². The average Bonchev–Trinajstić information content (AvgIpc) is 2.42. The van der Waals surface area contributed by atoms with E-state index in [1.54, 1.807) is 0 Å². The molecule has 7 nitrogen and oxygen atoms in total. The predicted octanol–water partition coefficient (Wildman–Crippen LogP) is 0.846. The number of aromatic carboxylic acids is 1. The topological polar surface area (TPSA) is 99.6 Å². The van der Waals surface area contributed by atoms with Crippen molar-refractivity contribution < 1.29 is 18.3 Å². The minimum Gasteiger partial charge on any atom is -0.478 e. The molecule has 20 heavy (non-hydrogen) atoms. The van der Waals surface area contributed by atoms with Gasteiger partial charge in [0.25, 0.3) is 10.2 Å². The third-order valence-corrected chi connectivity index (χ3v) is 4.25. The van der Waals surface area contributed by atoms with E-state index in [4.69, 9.17) is 5.11 Å². The largest absolute Gasteiger partial charge is 0.478 e. The summed E-state index contributed by atoms with van der Waals surface area (Å²) in [6.45, 7) is 2.38. The van der Waals surface area contributed by atoms with Crippen molar-refractivity contribution in [2.24, 2.45) is 0 Å². The van der Waals surface area contributed by atoms with E-state index in [1.165, 1.54) is 29.7 Å². The van der Waals surface area contributed by atoms with Crippen molar-refractivity contribution in [2.45, 2.75) is 26.3 Å². The fourth-order valence-corrected chi connectivity index (χ4v) is 2.40. The van der Waals surface area contributed by atoms with Gasteiger partial charge in [0.1, 0.15) is 0 Å². The Morgan fingerprint density at radius 1 is 1.50 bits per heavy atom. The summed E-state index contributed by atoms with van der Waals surface area (Å²) >= 11 is 0. The molecule has 1 rings (SSSR count). The number of hydrogen-bond donors (Lipinski definition) is 2. The van der Waals surface area contributed by atoms with Gasteiger partial charge in [-0.15, -0.1) is 0 Å². The van der Waals surface area contributed by atoms with Crippen LogP contribution < -0.4 is 4.72 Å². The quantitative estimate of drug-likeness (QED) is 0.741. The van der Waals surface area contributed by atoms with Crippen LogP contribution in [0, 0.1) is 0 Å². The highest BCUT2D eigenvalue weighted by molar-refractivity contribution is 7.87. The van der Waals surface area contributed by atoms with Gasteiger partial charge in [-0.1, -0.05) is 13.3 Å². The summed E-state index contributed by atoms with van der Waals surface area (Å²) in [5.41, 5.74) is 0.436. The number of carboxylic acid groups (broad SMARTS) is 1. The van der Waals surface area contributed by atoms with Crippen molar-refractivity contribution >= 4 is 16.2 Å². The first-order valence-corrected chi connectivity index (χ1v) is 7.70. The molecular formula is C12H19N3O4S. The van der Waals surface area contributed by atoms with Gasteiger partial charge in [-0.3, -0.25) is 4.98 Å². The maximum absolute atomic E-state index is 11.9. The monoisotopic (exact) mass is 301 g/mol. The fourth-order valence-electron chi connectivity index (χ4n) is 1.48. The van der Waals surface area contributed by atoms with Gasteiger partial charge in [0.2, 0.25) is 0 Å². The summed E-state index contributed by atoms with van der Waals surface area (Å²) in [4.78, 5) is 14.7. The molecule has 0 atom stereocenters. The average molecular weight is 301 g/mol. The van der Waals surface area contributed by atoms with E-state index in [9.17, 15) is 13.2 Å². The Balaban J connectivity index is 2.66. The summed E-state index contributed by atoms with van der Waals surface area (Å²) in [5.74, 6) is -1.07. The molecule has 8 heteroatoms. The lowest BCUT2D eigenvalue weighted by Gasteiger charge is -2.17. The minimum atomic E-state index is -3.57. The molecule has 0 unspecified atom stereocenters. The lowest BCUT2D eigenvalue weighted by atomic mass is 10.2. The second kappa shape index (κ2) is 7.32. The molecule has 0 aliphatic heterocycles. The molecule has 0 aliphatic carbocycles. The van der Waals surface area contributed by atoms with Gasteiger partial charge in [0.05, 0.1) is 17.8 Å². The number of carboxylic acids is 1. The Bertz CT molecular complexity index is 560. The number of carbonyl (C=O) groups is 1. The van der Waals surface area contributed by atoms with Crippen molar-refractivity contribution in [1.82, 2.24) is 14.0 Å². The first-order valence-electron chi connectivity index (χ1n) is 6.26. The molecule has 0 aromatic carbocycles. The Labute approximate surface area is 118 Å². The molecule has 0 spiro atoms. The summed E-state index contributed by atoms with van der Waals surface area (Å²) in [7, 11) is -2.07. The highest BCUT2D eigenvalue weighted by Crippen LogP contribution is 2.04. The molecule has 1 aromatic heterocycles. The van der Waals surface area contributed by atoms with Crippen LogP contribution >= 0.6 is 0 Å². The second-order valence-electron chi connectivity index (χ2n) is 4.34. The third kappa shape index (κ3) is 4.87. The normalized spacial score (nSPS) is 11.8. The Morgan fingerprint density at radius 3 is 2.80 bits per heavy atom. The van der Waals surface area contributed by atoms with E-state index < -0.39 is 16.2 Å². The van der Waals surface area contributed by atoms with Gasteiger partial charge < -0.3 is 5.11 Å². The van der Waals surface area contributed by atoms with Gasteiger partial charge in [0.15, 0.2) is 0 Å². The first-order chi connectivity index (χ1) is 9.36. The van der Waals surface area contributed by atoms with E-state index >= 15 is 0 Å². The Morgan fingerprint density at radius 2 is 2.20 bits per heavy atom. The summed E-state index contributed by atoms with van der Waals surface area (Å²) in [6.07, 6.45) is 3.03. The van der Waals surface area contributed by atoms with Crippen LogP contribution in [0.5, 0.6) is 0 Å². The highest BCUT2D eigenvalue weighted by Gasteiger charge is 2.16. The molecule has 0 bridgehead atoms. The SMILES string of the molecule is CCCCN(C)S(=O)(=O)NCc1cc(C(=O)O)ccn1. The summed E-state index contributed by atoms with van der Waals surface area (Å²) in [5, 5.41) is 8.85. The van der Waals surface area contributed by atoms with Crippen LogP contribution in [-0.2, 0) is 16.8 Å². The van der Waals surface area contributed by atoms with E-state index in [2.05, 4.69) is 9.71 Å². The van der Waals surface area contributed by atoms with E-state index in [0.29, 0.717) is 12.2 Å². The molecule has 0 aliphatic rings. The number of aromatic nitrogens is 1. The molecule has 1 heterocycles. The molecule has 0 amide bonds. The zero-order valence-corrected chi connectivity index (χ0v) is 12.4. The van der Waals surface area contributed by atoms with Crippen molar-refractivity contribution in [3.05, 3.63) is 29.6 Å². The van der Waals surface area contributed by atoms with E-state index in [1.807, 2.05) is 6.92 Å². The second-order valence-corrected chi connectivity index (χ2v) is 6.20. The molecule has 0 saturated heterocycles. The fraction of sp³-hybridized carbons (Fsp3) is 0.500.